The van der Waals surface area contributed by atoms with Gasteiger partial charge in [0.1, 0.15) is 0 Å². The molecule has 1 aliphatic rings. The number of sulfone groups is 1. The van der Waals surface area contributed by atoms with Crippen LogP contribution in [-0.4, -0.2) is 39.0 Å². The fourth-order valence-electron chi connectivity index (χ4n) is 2.34. The average Bonchev–Trinajstić information content (AvgIpc) is 3.24. The molecule has 5 nitrogen and oxygen atoms in total. The van der Waals surface area contributed by atoms with Gasteiger partial charge in [-0.15, -0.1) is 0 Å². The molecule has 0 atom stereocenters. The molecular weight excluding hydrogens is 288 g/mol. The third-order valence-electron chi connectivity index (χ3n) is 3.99. The molecule has 0 bridgehead atoms. The first kappa shape index (κ1) is 16.0. The maximum absolute atomic E-state index is 12.1. The van der Waals surface area contributed by atoms with Crippen LogP contribution in [0.1, 0.15) is 24.8 Å². The first-order valence-corrected chi connectivity index (χ1v) is 8.71. The Morgan fingerprint density at radius 3 is 2.48 bits per heavy atom. The van der Waals surface area contributed by atoms with E-state index in [9.17, 15) is 8.42 Å². The molecule has 0 saturated heterocycles. The van der Waals surface area contributed by atoms with E-state index in [2.05, 4.69) is 5.32 Å². The zero-order valence-corrected chi connectivity index (χ0v) is 12.7. The molecule has 1 fully saturated rings. The minimum Gasteiger partial charge on any atom is -0.396 e. The predicted molar refractivity (Wildman–Crippen MR) is 79.4 cm³/mol. The Bertz CT molecular complexity index is 613. The SMILES string of the molecule is N#Cc1ccc(S(=O)(=O)CCNCC2(CCO)CC2)cc1. The second-order valence-electron chi connectivity index (χ2n) is 5.61. The van der Waals surface area contributed by atoms with Crippen LogP contribution in [0, 0.1) is 16.7 Å². The van der Waals surface area contributed by atoms with Crippen molar-refractivity contribution in [1.29, 1.82) is 5.26 Å². The van der Waals surface area contributed by atoms with Gasteiger partial charge in [0, 0.05) is 19.7 Å². The molecule has 0 aliphatic heterocycles. The Labute approximate surface area is 125 Å². The number of benzene rings is 1. The summed E-state index contributed by atoms with van der Waals surface area (Å²) < 4.78 is 24.3. The van der Waals surface area contributed by atoms with Gasteiger partial charge in [0.05, 0.1) is 22.3 Å². The maximum Gasteiger partial charge on any atom is 0.179 e. The molecule has 1 aromatic carbocycles. The normalized spacial score (nSPS) is 16.4. The summed E-state index contributed by atoms with van der Waals surface area (Å²) in [4.78, 5) is 0.250. The van der Waals surface area contributed by atoms with Gasteiger partial charge in [0.15, 0.2) is 9.84 Å². The molecule has 1 aromatic rings. The zero-order chi connectivity index (χ0) is 15.3. The van der Waals surface area contributed by atoms with Crippen molar-refractivity contribution in [3.8, 4) is 6.07 Å². The number of hydrogen-bond donors (Lipinski definition) is 2. The fraction of sp³-hybridized carbons (Fsp3) is 0.533. The van der Waals surface area contributed by atoms with E-state index in [1.54, 1.807) is 0 Å². The van der Waals surface area contributed by atoms with Gasteiger partial charge >= 0.3 is 0 Å². The molecule has 2 rings (SSSR count). The van der Waals surface area contributed by atoms with Crippen molar-refractivity contribution in [3.63, 3.8) is 0 Å². The first-order chi connectivity index (χ1) is 10.0. The first-order valence-electron chi connectivity index (χ1n) is 7.06. The van der Waals surface area contributed by atoms with Crippen molar-refractivity contribution in [2.45, 2.75) is 24.2 Å². The second-order valence-corrected chi connectivity index (χ2v) is 7.71. The Balaban J connectivity index is 1.82. The summed E-state index contributed by atoms with van der Waals surface area (Å²) in [7, 11) is -3.32. The number of nitriles is 1. The van der Waals surface area contributed by atoms with Gasteiger partial charge in [-0.1, -0.05) is 0 Å². The van der Waals surface area contributed by atoms with Crippen LogP contribution in [-0.2, 0) is 9.84 Å². The lowest BCUT2D eigenvalue weighted by atomic mass is 10.0. The summed E-state index contributed by atoms with van der Waals surface area (Å²) in [6.45, 7) is 1.34. The Hall–Kier alpha value is -1.42. The van der Waals surface area contributed by atoms with Crippen molar-refractivity contribution in [1.82, 2.24) is 5.32 Å². The Morgan fingerprint density at radius 1 is 1.29 bits per heavy atom. The number of nitrogens with one attached hydrogen (secondary N) is 1. The summed E-state index contributed by atoms with van der Waals surface area (Å²) in [6, 6.07) is 7.94. The summed E-state index contributed by atoms with van der Waals surface area (Å²) in [5.41, 5.74) is 0.638. The largest absolute Gasteiger partial charge is 0.396 e. The van der Waals surface area contributed by atoms with E-state index in [-0.39, 0.29) is 22.7 Å². The van der Waals surface area contributed by atoms with Crippen LogP contribution in [0.25, 0.3) is 0 Å². The number of aliphatic hydroxyl groups is 1. The highest BCUT2D eigenvalue weighted by Gasteiger charge is 2.41. The fourth-order valence-corrected chi connectivity index (χ4v) is 3.54. The number of nitrogens with zero attached hydrogens (tertiary/aromatic N) is 1. The van der Waals surface area contributed by atoms with Crippen LogP contribution >= 0.6 is 0 Å². The van der Waals surface area contributed by atoms with Crippen molar-refractivity contribution in [2.75, 3.05) is 25.4 Å². The summed E-state index contributed by atoms with van der Waals surface area (Å²) >= 11 is 0. The molecule has 21 heavy (non-hydrogen) atoms. The quantitative estimate of drug-likeness (QED) is 0.701. The molecule has 6 heteroatoms. The third-order valence-corrected chi connectivity index (χ3v) is 5.72. The topological polar surface area (TPSA) is 90.2 Å². The van der Waals surface area contributed by atoms with Gasteiger partial charge in [-0.25, -0.2) is 8.42 Å². The van der Waals surface area contributed by atoms with E-state index in [1.807, 2.05) is 6.07 Å². The number of aliphatic hydroxyl groups excluding tert-OH is 1. The van der Waals surface area contributed by atoms with Crippen molar-refractivity contribution in [3.05, 3.63) is 29.8 Å². The average molecular weight is 308 g/mol. The lowest BCUT2D eigenvalue weighted by Gasteiger charge is -2.14. The molecule has 1 saturated carbocycles. The van der Waals surface area contributed by atoms with Gasteiger partial charge < -0.3 is 10.4 Å². The summed E-state index contributed by atoms with van der Waals surface area (Å²) in [6.07, 6.45) is 2.98. The highest BCUT2D eigenvalue weighted by molar-refractivity contribution is 7.91. The van der Waals surface area contributed by atoms with Crippen LogP contribution in [0.2, 0.25) is 0 Å². The second kappa shape index (κ2) is 6.56. The molecule has 0 spiro atoms. The van der Waals surface area contributed by atoms with Gasteiger partial charge in [-0.2, -0.15) is 5.26 Å². The van der Waals surface area contributed by atoms with Crippen molar-refractivity contribution >= 4 is 9.84 Å². The smallest absolute Gasteiger partial charge is 0.179 e. The van der Waals surface area contributed by atoms with Gasteiger partial charge in [0.25, 0.3) is 0 Å². The van der Waals surface area contributed by atoms with Crippen LogP contribution in [0.15, 0.2) is 29.2 Å². The molecule has 2 N–H and O–H groups in total. The van der Waals surface area contributed by atoms with Crippen LogP contribution in [0.5, 0.6) is 0 Å². The molecule has 1 aliphatic carbocycles. The molecular formula is C15H20N2O3S. The Kier molecular flexibility index (Phi) is 4.99. The van der Waals surface area contributed by atoms with Gasteiger partial charge in [0.2, 0.25) is 0 Å². The maximum atomic E-state index is 12.1. The van der Waals surface area contributed by atoms with E-state index in [4.69, 9.17) is 10.4 Å². The number of rotatable bonds is 8. The van der Waals surface area contributed by atoms with Crippen LogP contribution in [0.4, 0.5) is 0 Å². The van der Waals surface area contributed by atoms with E-state index >= 15 is 0 Å². The highest BCUT2D eigenvalue weighted by atomic mass is 32.2. The zero-order valence-electron chi connectivity index (χ0n) is 11.9. The molecule has 114 valence electrons. The minimum atomic E-state index is -3.32. The van der Waals surface area contributed by atoms with Gasteiger partial charge in [-0.05, 0) is 48.9 Å². The highest BCUT2D eigenvalue weighted by Crippen LogP contribution is 2.47. The van der Waals surface area contributed by atoms with Gasteiger partial charge in [-0.3, -0.25) is 0 Å². The van der Waals surface area contributed by atoms with Crippen molar-refractivity contribution < 1.29 is 13.5 Å². The summed E-state index contributed by atoms with van der Waals surface area (Å²) in [5.74, 6) is 0.0358. The van der Waals surface area contributed by atoms with E-state index in [0.29, 0.717) is 12.1 Å². The molecule has 0 aromatic heterocycles. The summed E-state index contributed by atoms with van der Waals surface area (Å²) in [5, 5.41) is 20.9. The van der Waals surface area contributed by atoms with Crippen LogP contribution in [0.3, 0.4) is 0 Å². The minimum absolute atomic E-state index is 0.0358. The van der Waals surface area contributed by atoms with Crippen LogP contribution < -0.4 is 5.32 Å². The lowest BCUT2D eigenvalue weighted by molar-refractivity contribution is 0.246. The predicted octanol–water partition coefficient (Wildman–Crippen LogP) is 1.08. The molecule has 0 amide bonds. The monoisotopic (exact) mass is 308 g/mol. The Morgan fingerprint density at radius 2 is 1.95 bits per heavy atom. The van der Waals surface area contributed by atoms with E-state index in [0.717, 1.165) is 25.8 Å². The molecule has 0 heterocycles. The van der Waals surface area contributed by atoms with E-state index in [1.165, 1.54) is 24.3 Å². The van der Waals surface area contributed by atoms with Crippen molar-refractivity contribution in [2.24, 2.45) is 5.41 Å². The number of hydrogen-bond acceptors (Lipinski definition) is 5. The lowest BCUT2D eigenvalue weighted by Crippen LogP contribution is -2.29. The standard InChI is InChI=1S/C15H20N2O3S/c16-11-13-1-3-14(4-2-13)21(19,20)10-8-17-12-15(5-6-15)7-9-18/h1-4,17-18H,5-10,12H2. The molecule has 0 unspecified atom stereocenters. The third kappa shape index (κ3) is 4.27. The van der Waals surface area contributed by atoms with E-state index < -0.39 is 9.84 Å². The molecule has 0 radical (unpaired) electrons.